The van der Waals surface area contributed by atoms with Crippen molar-refractivity contribution in [2.45, 2.75) is 45.6 Å². The van der Waals surface area contributed by atoms with Crippen LogP contribution in [0.3, 0.4) is 0 Å². The van der Waals surface area contributed by atoms with Crippen LogP contribution in [0.1, 0.15) is 39.5 Å². The predicted molar refractivity (Wildman–Crippen MR) is 77.4 cm³/mol. The van der Waals surface area contributed by atoms with Crippen molar-refractivity contribution in [1.29, 1.82) is 0 Å². The molecular weight excluding hydrogens is 254 g/mol. The largest absolute Gasteiger partial charge is 0.461 e. The van der Waals surface area contributed by atoms with Gasteiger partial charge < -0.3 is 15.8 Å². The van der Waals surface area contributed by atoms with Gasteiger partial charge in [0.1, 0.15) is 0 Å². The number of nitrogens with zero attached hydrogens (tertiary/aromatic N) is 3. The first-order valence-corrected chi connectivity index (χ1v) is 7.52. The monoisotopic (exact) mass is 277 g/mol. The Morgan fingerprint density at radius 2 is 2.10 bits per heavy atom. The van der Waals surface area contributed by atoms with Crippen LogP contribution >= 0.6 is 0 Å². The quantitative estimate of drug-likeness (QED) is 0.857. The van der Waals surface area contributed by atoms with Crippen LogP contribution in [0.5, 0.6) is 6.01 Å². The van der Waals surface area contributed by atoms with Crippen molar-refractivity contribution in [3.05, 3.63) is 0 Å². The Morgan fingerprint density at radius 1 is 1.25 bits per heavy atom. The maximum absolute atomic E-state index is 5.70. The lowest BCUT2D eigenvalue weighted by Crippen LogP contribution is -2.21. The summed E-state index contributed by atoms with van der Waals surface area (Å²) >= 11 is 0. The van der Waals surface area contributed by atoms with Gasteiger partial charge in [-0.3, -0.25) is 0 Å². The molecule has 0 spiro atoms. The van der Waals surface area contributed by atoms with E-state index in [1.54, 1.807) is 0 Å². The van der Waals surface area contributed by atoms with Gasteiger partial charge in [-0.05, 0) is 50.9 Å². The number of fused-ring (bicyclic) bond motifs is 2. The van der Waals surface area contributed by atoms with E-state index in [2.05, 4.69) is 20.3 Å². The number of aromatic nitrogens is 3. The molecule has 20 heavy (non-hydrogen) atoms. The molecule has 3 unspecified atom stereocenters. The van der Waals surface area contributed by atoms with Crippen LogP contribution in [0.2, 0.25) is 0 Å². The van der Waals surface area contributed by atoms with E-state index in [4.69, 9.17) is 10.5 Å². The van der Waals surface area contributed by atoms with E-state index < -0.39 is 0 Å². The average Bonchev–Trinajstić information content (AvgIpc) is 2.96. The summed E-state index contributed by atoms with van der Waals surface area (Å²) in [6.45, 7) is 4.79. The van der Waals surface area contributed by atoms with Gasteiger partial charge in [-0.25, -0.2) is 0 Å². The standard InChI is InChI=1S/C14H23N5O/c1-8(2)20-14-18-12(15)17-13(19-14)16-7-11-6-9-3-4-10(11)5-9/h8-11H,3-7H2,1-2H3,(H3,15,16,17,18,19). The summed E-state index contributed by atoms with van der Waals surface area (Å²) in [6.07, 6.45) is 5.58. The van der Waals surface area contributed by atoms with E-state index in [0.29, 0.717) is 12.0 Å². The summed E-state index contributed by atoms with van der Waals surface area (Å²) in [6, 6.07) is 0.294. The lowest BCUT2D eigenvalue weighted by Gasteiger charge is -2.21. The third kappa shape index (κ3) is 2.94. The van der Waals surface area contributed by atoms with E-state index in [0.717, 1.165) is 24.3 Å². The molecule has 110 valence electrons. The minimum atomic E-state index is 0.0233. The Kier molecular flexibility index (Phi) is 3.63. The van der Waals surface area contributed by atoms with Gasteiger partial charge in [0, 0.05) is 6.54 Å². The SMILES string of the molecule is CC(C)Oc1nc(N)nc(NCC2CC3CCC2C3)n1. The third-order valence-electron chi connectivity index (χ3n) is 4.38. The van der Waals surface area contributed by atoms with E-state index >= 15 is 0 Å². The molecular formula is C14H23N5O. The first kappa shape index (κ1) is 13.4. The summed E-state index contributed by atoms with van der Waals surface area (Å²) < 4.78 is 5.47. The van der Waals surface area contributed by atoms with Crippen molar-refractivity contribution in [3.8, 4) is 6.01 Å². The highest BCUT2D eigenvalue weighted by Crippen LogP contribution is 2.48. The fourth-order valence-electron chi connectivity index (χ4n) is 3.56. The molecule has 6 heteroatoms. The molecule has 6 nitrogen and oxygen atoms in total. The summed E-state index contributed by atoms with van der Waals surface area (Å²) in [5.74, 6) is 3.32. The maximum Gasteiger partial charge on any atom is 0.323 e. The molecule has 3 rings (SSSR count). The van der Waals surface area contributed by atoms with Crippen molar-refractivity contribution in [1.82, 2.24) is 15.0 Å². The smallest absolute Gasteiger partial charge is 0.323 e. The molecule has 1 aromatic heterocycles. The summed E-state index contributed by atoms with van der Waals surface area (Å²) in [7, 11) is 0. The third-order valence-corrected chi connectivity index (χ3v) is 4.38. The molecule has 2 aliphatic carbocycles. The Morgan fingerprint density at radius 3 is 2.75 bits per heavy atom. The molecule has 2 saturated carbocycles. The summed E-state index contributed by atoms with van der Waals surface area (Å²) in [5, 5.41) is 3.30. The molecule has 2 fully saturated rings. The molecule has 1 aromatic rings. The Labute approximate surface area is 119 Å². The van der Waals surface area contributed by atoms with Crippen molar-refractivity contribution < 1.29 is 4.74 Å². The molecule has 2 bridgehead atoms. The number of nitrogen functional groups attached to an aromatic ring is 1. The first-order chi connectivity index (χ1) is 9.60. The lowest BCUT2D eigenvalue weighted by molar-refractivity contribution is 0.222. The molecule has 3 atom stereocenters. The van der Waals surface area contributed by atoms with Crippen LogP contribution in [0.25, 0.3) is 0 Å². The average molecular weight is 277 g/mol. The number of hydrogen-bond acceptors (Lipinski definition) is 6. The highest BCUT2D eigenvalue weighted by molar-refractivity contribution is 5.32. The van der Waals surface area contributed by atoms with Crippen LogP contribution in [0.15, 0.2) is 0 Å². The van der Waals surface area contributed by atoms with E-state index in [9.17, 15) is 0 Å². The first-order valence-electron chi connectivity index (χ1n) is 7.52. The molecule has 0 aromatic carbocycles. The fraction of sp³-hybridized carbons (Fsp3) is 0.786. The topological polar surface area (TPSA) is 86.0 Å². The van der Waals surface area contributed by atoms with E-state index in [1.807, 2.05) is 13.8 Å². The second-order valence-corrected chi connectivity index (χ2v) is 6.28. The zero-order chi connectivity index (χ0) is 14.1. The minimum Gasteiger partial charge on any atom is -0.461 e. The Bertz CT molecular complexity index is 479. The molecule has 3 N–H and O–H groups in total. The number of hydrogen-bond donors (Lipinski definition) is 2. The van der Waals surface area contributed by atoms with Gasteiger partial charge in [0.25, 0.3) is 0 Å². The maximum atomic E-state index is 5.70. The summed E-state index contributed by atoms with van der Waals surface area (Å²) in [5.41, 5.74) is 5.70. The molecule has 1 heterocycles. The zero-order valence-corrected chi connectivity index (χ0v) is 12.2. The van der Waals surface area contributed by atoms with Crippen LogP contribution in [0.4, 0.5) is 11.9 Å². The minimum absolute atomic E-state index is 0.0233. The number of nitrogens with one attached hydrogen (secondary N) is 1. The molecule has 0 aliphatic heterocycles. The van der Waals surface area contributed by atoms with E-state index in [1.165, 1.54) is 25.7 Å². The second kappa shape index (κ2) is 5.42. The number of nitrogens with two attached hydrogens (primary N) is 1. The van der Waals surface area contributed by atoms with Gasteiger partial charge >= 0.3 is 6.01 Å². The number of rotatable bonds is 5. The van der Waals surface area contributed by atoms with Crippen LogP contribution < -0.4 is 15.8 Å². The van der Waals surface area contributed by atoms with Crippen molar-refractivity contribution in [2.75, 3.05) is 17.6 Å². The Hall–Kier alpha value is -1.59. The fourth-order valence-corrected chi connectivity index (χ4v) is 3.56. The van der Waals surface area contributed by atoms with Gasteiger partial charge in [0.15, 0.2) is 0 Å². The zero-order valence-electron chi connectivity index (χ0n) is 12.2. The predicted octanol–water partition coefficient (Wildman–Crippen LogP) is 2.09. The van der Waals surface area contributed by atoms with Crippen LogP contribution in [0, 0.1) is 17.8 Å². The second-order valence-electron chi connectivity index (χ2n) is 6.28. The van der Waals surface area contributed by atoms with Crippen molar-refractivity contribution in [2.24, 2.45) is 17.8 Å². The molecule has 2 aliphatic rings. The van der Waals surface area contributed by atoms with Crippen LogP contribution in [-0.2, 0) is 0 Å². The van der Waals surface area contributed by atoms with Crippen molar-refractivity contribution >= 4 is 11.9 Å². The van der Waals surface area contributed by atoms with Gasteiger partial charge in [-0.1, -0.05) is 6.42 Å². The number of anilines is 2. The lowest BCUT2D eigenvalue weighted by atomic mass is 9.89. The van der Waals surface area contributed by atoms with Gasteiger partial charge in [-0.2, -0.15) is 15.0 Å². The van der Waals surface area contributed by atoms with Crippen LogP contribution in [-0.4, -0.2) is 27.6 Å². The van der Waals surface area contributed by atoms with Crippen molar-refractivity contribution in [3.63, 3.8) is 0 Å². The highest BCUT2D eigenvalue weighted by atomic mass is 16.5. The summed E-state index contributed by atoms with van der Waals surface area (Å²) in [4.78, 5) is 12.4. The Balaban J connectivity index is 1.60. The van der Waals surface area contributed by atoms with Gasteiger partial charge in [0.05, 0.1) is 6.10 Å². The van der Waals surface area contributed by atoms with Gasteiger partial charge in [0.2, 0.25) is 11.9 Å². The molecule has 0 radical (unpaired) electrons. The van der Waals surface area contributed by atoms with E-state index in [-0.39, 0.29) is 12.1 Å². The van der Waals surface area contributed by atoms with Gasteiger partial charge in [-0.15, -0.1) is 0 Å². The molecule has 0 saturated heterocycles. The molecule has 0 amide bonds. The highest BCUT2D eigenvalue weighted by Gasteiger charge is 2.39. The normalized spacial score (nSPS) is 28.1. The number of ether oxygens (including phenoxy) is 1.